The molecule has 0 aliphatic rings. The molecule has 7 heteroatoms. The summed E-state index contributed by atoms with van der Waals surface area (Å²) in [5.74, 6) is 0. The maximum Gasteiger partial charge on any atom is 0.319 e. The van der Waals surface area contributed by atoms with Crippen LogP contribution in [-0.4, -0.2) is 14.4 Å². The first-order chi connectivity index (χ1) is 11.3. The van der Waals surface area contributed by atoms with Gasteiger partial charge in [-0.25, -0.2) is 18.4 Å². The maximum atomic E-state index is 11.7. The predicted molar refractivity (Wildman–Crippen MR) is 93.4 cm³/mol. The van der Waals surface area contributed by atoms with Crippen molar-refractivity contribution in [2.24, 2.45) is 5.14 Å². The van der Waals surface area contributed by atoms with Gasteiger partial charge in [0.05, 0.1) is 4.90 Å². The summed E-state index contributed by atoms with van der Waals surface area (Å²) in [5, 5.41) is 10.3. The summed E-state index contributed by atoms with van der Waals surface area (Å²) in [6.07, 6.45) is 3.36. The molecule has 24 heavy (non-hydrogen) atoms. The second-order valence-electron chi connectivity index (χ2n) is 5.26. The van der Waals surface area contributed by atoms with Crippen molar-refractivity contribution < 1.29 is 13.2 Å². The standard InChI is InChI=1S/C17H19N3O3S/c1-13-3-2-4-14(11-13)9-10-19-17(21)20-12-15-5-7-16(8-6-15)24(18,22)23/h2-11H,12H2,1H3,(H2,18,22,23)(H2,19,20,21)/b10-9+. The van der Waals surface area contributed by atoms with Gasteiger partial charge in [-0.05, 0) is 36.3 Å². The van der Waals surface area contributed by atoms with Crippen molar-refractivity contribution in [1.29, 1.82) is 0 Å². The first-order valence-electron chi connectivity index (χ1n) is 7.24. The van der Waals surface area contributed by atoms with Crippen LogP contribution < -0.4 is 15.8 Å². The Morgan fingerprint density at radius 1 is 1.17 bits per heavy atom. The quantitative estimate of drug-likeness (QED) is 0.773. The van der Waals surface area contributed by atoms with Gasteiger partial charge in [0.25, 0.3) is 0 Å². The van der Waals surface area contributed by atoms with Crippen molar-refractivity contribution >= 4 is 22.1 Å². The van der Waals surface area contributed by atoms with Gasteiger partial charge in [-0.1, -0.05) is 42.0 Å². The molecule has 0 aliphatic heterocycles. The van der Waals surface area contributed by atoms with Gasteiger partial charge in [0.1, 0.15) is 0 Å². The summed E-state index contributed by atoms with van der Waals surface area (Å²) in [6, 6.07) is 13.5. The van der Waals surface area contributed by atoms with E-state index in [1.54, 1.807) is 24.4 Å². The zero-order chi connectivity index (χ0) is 17.6. The van der Waals surface area contributed by atoms with E-state index in [1.807, 2.05) is 31.2 Å². The van der Waals surface area contributed by atoms with E-state index in [0.29, 0.717) is 0 Å². The number of nitrogens with one attached hydrogen (secondary N) is 2. The molecule has 0 aliphatic carbocycles. The molecular formula is C17H19N3O3S. The van der Waals surface area contributed by atoms with Crippen molar-refractivity contribution in [3.8, 4) is 0 Å². The molecule has 0 radical (unpaired) electrons. The highest BCUT2D eigenvalue weighted by Gasteiger charge is 2.06. The molecule has 0 unspecified atom stereocenters. The Hall–Kier alpha value is -2.64. The Kier molecular flexibility index (Phi) is 5.73. The van der Waals surface area contributed by atoms with Crippen molar-refractivity contribution in [1.82, 2.24) is 10.6 Å². The topological polar surface area (TPSA) is 101 Å². The van der Waals surface area contributed by atoms with Crippen molar-refractivity contribution in [3.05, 3.63) is 71.4 Å². The normalized spacial score (nSPS) is 11.4. The van der Waals surface area contributed by atoms with E-state index < -0.39 is 10.0 Å². The molecule has 0 heterocycles. The largest absolute Gasteiger partial charge is 0.334 e. The smallest absolute Gasteiger partial charge is 0.319 e. The molecule has 0 bridgehead atoms. The average Bonchev–Trinajstić information content (AvgIpc) is 2.52. The molecule has 2 aromatic carbocycles. The molecule has 0 spiro atoms. The lowest BCUT2D eigenvalue weighted by molar-refractivity contribution is 0.244. The van der Waals surface area contributed by atoms with E-state index in [2.05, 4.69) is 10.6 Å². The summed E-state index contributed by atoms with van der Waals surface area (Å²) < 4.78 is 22.3. The van der Waals surface area contributed by atoms with Crippen LogP contribution in [0, 0.1) is 6.92 Å². The molecule has 0 atom stereocenters. The highest BCUT2D eigenvalue weighted by atomic mass is 32.2. The first kappa shape index (κ1) is 17.7. The Balaban J connectivity index is 1.83. The van der Waals surface area contributed by atoms with Crippen LogP contribution in [0.3, 0.4) is 0 Å². The highest BCUT2D eigenvalue weighted by molar-refractivity contribution is 7.89. The fraction of sp³-hybridized carbons (Fsp3) is 0.118. The summed E-state index contributed by atoms with van der Waals surface area (Å²) in [4.78, 5) is 11.7. The number of hydrogen-bond donors (Lipinski definition) is 3. The summed E-state index contributed by atoms with van der Waals surface area (Å²) in [5.41, 5.74) is 2.90. The van der Waals surface area contributed by atoms with Crippen LogP contribution in [-0.2, 0) is 16.6 Å². The van der Waals surface area contributed by atoms with Gasteiger partial charge in [-0.2, -0.15) is 0 Å². The van der Waals surface area contributed by atoms with Gasteiger partial charge in [-0.15, -0.1) is 0 Å². The van der Waals surface area contributed by atoms with E-state index in [1.165, 1.54) is 12.1 Å². The minimum atomic E-state index is -3.70. The van der Waals surface area contributed by atoms with Crippen LogP contribution in [0.25, 0.3) is 6.08 Å². The molecule has 2 aromatic rings. The lowest BCUT2D eigenvalue weighted by Crippen LogP contribution is -2.31. The van der Waals surface area contributed by atoms with Crippen molar-refractivity contribution in [2.75, 3.05) is 0 Å². The molecule has 2 rings (SSSR count). The molecule has 0 fully saturated rings. The van der Waals surface area contributed by atoms with Gasteiger partial charge in [0.2, 0.25) is 10.0 Å². The summed E-state index contributed by atoms with van der Waals surface area (Å²) in [7, 11) is -3.70. The second kappa shape index (κ2) is 7.76. The second-order valence-corrected chi connectivity index (χ2v) is 6.82. The number of hydrogen-bond acceptors (Lipinski definition) is 3. The fourth-order valence-corrected chi connectivity index (χ4v) is 2.53. The Labute approximate surface area is 141 Å². The Bertz CT molecular complexity index is 844. The molecule has 2 amide bonds. The van der Waals surface area contributed by atoms with Crippen molar-refractivity contribution in [3.63, 3.8) is 0 Å². The third-order valence-electron chi connectivity index (χ3n) is 3.24. The lowest BCUT2D eigenvalue weighted by Gasteiger charge is -2.05. The third-order valence-corrected chi connectivity index (χ3v) is 4.17. The van der Waals surface area contributed by atoms with Crippen LogP contribution in [0.5, 0.6) is 0 Å². The van der Waals surface area contributed by atoms with E-state index in [0.717, 1.165) is 16.7 Å². The minimum absolute atomic E-state index is 0.0387. The fourth-order valence-electron chi connectivity index (χ4n) is 2.02. The van der Waals surface area contributed by atoms with E-state index in [9.17, 15) is 13.2 Å². The molecule has 0 aromatic heterocycles. The SMILES string of the molecule is Cc1cccc(/C=C/NC(=O)NCc2ccc(S(N)(=O)=O)cc2)c1. The zero-order valence-corrected chi connectivity index (χ0v) is 14.0. The van der Waals surface area contributed by atoms with E-state index in [4.69, 9.17) is 5.14 Å². The predicted octanol–water partition coefficient (Wildman–Crippen LogP) is 2.11. The zero-order valence-electron chi connectivity index (χ0n) is 13.2. The first-order valence-corrected chi connectivity index (χ1v) is 8.78. The van der Waals surface area contributed by atoms with E-state index in [-0.39, 0.29) is 17.5 Å². The maximum absolute atomic E-state index is 11.7. The number of benzene rings is 2. The van der Waals surface area contributed by atoms with Crippen LogP contribution in [0.2, 0.25) is 0 Å². The number of primary sulfonamides is 1. The monoisotopic (exact) mass is 345 g/mol. The van der Waals surface area contributed by atoms with Crippen LogP contribution in [0.4, 0.5) is 4.79 Å². The number of sulfonamides is 1. The Morgan fingerprint density at radius 3 is 2.50 bits per heavy atom. The summed E-state index contributed by atoms with van der Waals surface area (Å²) >= 11 is 0. The number of carbonyl (C=O) groups excluding carboxylic acids is 1. The number of rotatable bonds is 5. The highest BCUT2D eigenvalue weighted by Crippen LogP contribution is 2.08. The molecule has 126 valence electrons. The minimum Gasteiger partial charge on any atom is -0.334 e. The van der Waals surface area contributed by atoms with Crippen LogP contribution in [0.1, 0.15) is 16.7 Å². The van der Waals surface area contributed by atoms with Crippen LogP contribution >= 0.6 is 0 Å². The van der Waals surface area contributed by atoms with Gasteiger partial charge in [-0.3, -0.25) is 0 Å². The van der Waals surface area contributed by atoms with Crippen LogP contribution in [0.15, 0.2) is 59.6 Å². The van der Waals surface area contributed by atoms with E-state index >= 15 is 0 Å². The third kappa shape index (κ3) is 5.53. The van der Waals surface area contributed by atoms with Crippen molar-refractivity contribution in [2.45, 2.75) is 18.4 Å². The number of carbonyl (C=O) groups is 1. The number of amides is 2. The number of aryl methyl sites for hydroxylation is 1. The molecule has 6 nitrogen and oxygen atoms in total. The molecular weight excluding hydrogens is 326 g/mol. The molecule has 4 N–H and O–H groups in total. The molecule has 0 saturated carbocycles. The van der Waals surface area contributed by atoms with Gasteiger partial charge in [0, 0.05) is 12.7 Å². The molecule has 0 saturated heterocycles. The van der Waals surface area contributed by atoms with Gasteiger partial charge >= 0.3 is 6.03 Å². The van der Waals surface area contributed by atoms with Gasteiger partial charge < -0.3 is 10.6 Å². The number of urea groups is 1. The Morgan fingerprint density at radius 2 is 1.88 bits per heavy atom. The van der Waals surface area contributed by atoms with Gasteiger partial charge in [0.15, 0.2) is 0 Å². The average molecular weight is 345 g/mol. The number of nitrogens with two attached hydrogens (primary N) is 1. The summed E-state index contributed by atoms with van der Waals surface area (Å²) in [6.45, 7) is 2.27. The lowest BCUT2D eigenvalue weighted by atomic mass is 10.1.